The summed E-state index contributed by atoms with van der Waals surface area (Å²) in [4.78, 5) is 0. The van der Waals surface area contributed by atoms with Crippen LogP contribution in [0.25, 0.3) is 0 Å². The van der Waals surface area contributed by atoms with Gasteiger partial charge in [0, 0.05) is 12.6 Å². The largest absolute Gasteiger partial charge is 0.487 e. The number of aliphatic hydroxyl groups excluding tert-OH is 1. The number of aromatic nitrogens is 2. The molecule has 0 bridgehead atoms. The highest BCUT2D eigenvalue weighted by Crippen LogP contribution is 2.26. The number of nitrogens with zero attached hydrogens (tertiary/aromatic N) is 2. The molecule has 0 fully saturated rings. The molecule has 0 aliphatic heterocycles. The van der Waals surface area contributed by atoms with E-state index in [-0.39, 0.29) is 5.82 Å². The molecule has 108 valence electrons. The van der Waals surface area contributed by atoms with Crippen LogP contribution < -0.4 is 4.74 Å². The van der Waals surface area contributed by atoms with Gasteiger partial charge in [0.1, 0.15) is 18.2 Å². The Morgan fingerprint density at radius 3 is 2.75 bits per heavy atom. The maximum absolute atomic E-state index is 13.2. The Bertz CT molecular complexity index is 594. The third-order valence-electron chi connectivity index (χ3n) is 3.19. The second-order valence-corrected chi connectivity index (χ2v) is 4.75. The number of benzene rings is 1. The molecule has 20 heavy (non-hydrogen) atoms. The van der Waals surface area contributed by atoms with Gasteiger partial charge in [-0.15, -0.1) is 0 Å². The summed E-state index contributed by atoms with van der Waals surface area (Å²) in [6, 6.07) is 6.13. The van der Waals surface area contributed by atoms with Crippen molar-refractivity contribution in [3.05, 3.63) is 47.0 Å². The van der Waals surface area contributed by atoms with E-state index in [1.54, 1.807) is 11.6 Å². The van der Waals surface area contributed by atoms with Crippen molar-refractivity contribution in [2.24, 2.45) is 7.05 Å². The first-order valence-corrected chi connectivity index (χ1v) is 6.63. The number of halogens is 1. The van der Waals surface area contributed by atoms with E-state index in [1.807, 2.05) is 20.0 Å². The zero-order valence-electron chi connectivity index (χ0n) is 11.9. The van der Waals surface area contributed by atoms with Crippen molar-refractivity contribution in [1.29, 1.82) is 0 Å². The van der Waals surface area contributed by atoms with Gasteiger partial charge in [0.25, 0.3) is 0 Å². The van der Waals surface area contributed by atoms with Crippen molar-refractivity contribution >= 4 is 0 Å². The maximum Gasteiger partial charge on any atom is 0.130 e. The molecule has 1 atom stereocenters. The van der Waals surface area contributed by atoms with Crippen LogP contribution in [0, 0.1) is 5.82 Å². The smallest absolute Gasteiger partial charge is 0.130 e. The van der Waals surface area contributed by atoms with Crippen LogP contribution in [-0.4, -0.2) is 14.9 Å². The first-order valence-electron chi connectivity index (χ1n) is 6.63. The van der Waals surface area contributed by atoms with E-state index in [0.29, 0.717) is 17.9 Å². The molecule has 1 N–H and O–H groups in total. The van der Waals surface area contributed by atoms with Crippen molar-refractivity contribution in [2.75, 3.05) is 0 Å². The molecule has 0 aliphatic carbocycles. The Morgan fingerprint density at radius 2 is 2.15 bits per heavy atom. The fourth-order valence-corrected chi connectivity index (χ4v) is 2.01. The van der Waals surface area contributed by atoms with Gasteiger partial charge in [-0.2, -0.15) is 5.10 Å². The predicted octanol–water partition coefficient (Wildman–Crippen LogP) is 2.75. The molecule has 1 unspecified atom stereocenters. The highest BCUT2D eigenvalue weighted by molar-refractivity contribution is 5.35. The van der Waals surface area contributed by atoms with Crippen LogP contribution in [0.15, 0.2) is 24.3 Å². The lowest BCUT2D eigenvalue weighted by atomic mass is 10.1. The molecule has 0 saturated heterocycles. The van der Waals surface area contributed by atoms with Crippen molar-refractivity contribution in [3.63, 3.8) is 0 Å². The summed E-state index contributed by atoms with van der Waals surface area (Å²) in [5, 5.41) is 14.0. The number of ether oxygens (including phenoxy) is 1. The van der Waals surface area contributed by atoms with E-state index >= 15 is 0 Å². The first-order chi connectivity index (χ1) is 9.51. The summed E-state index contributed by atoms with van der Waals surface area (Å²) in [7, 11) is 1.86. The Morgan fingerprint density at radius 1 is 1.40 bits per heavy atom. The normalized spacial score (nSPS) is 12.4. The third-order valence-corrected chi connectivity index (χ3v) is 3.19. The summed E-state index contributed by atoms with van der Waals surface area (Å²) in [6.07, 6.45) is 0.0852. The minimum absolute atomic E-state index is 0.328. The molecular formula is C15H19FN2O2. The molecule has 1 aromatic carbocycles. The summed E-state index contributed by atoms with van der Waals surface area (Å²) >= 11 is 0. The minimum Gasteiger partial charge on any atom is -0.487 e. The van der Waals surface area contributed by atoms with Crippen LogP contribution in [-0.2, 0) is 20.1 Å². The molecule has 0 radical (unpaired) electrons. The predicted molar refractivity (Wildman–Crippen MR) is 74.0 cm³/mol. The fourth-order valence-electron chi connectivity index (χ4n) is 2.01. The molecule has 5 heteroatoms. The maximum atomic E-state index is 13.2. The molecule has 0 aliphatic rings. The Labute approximate surface area is 117 Å². The van der Waals surface area contributed by atoms with Gasteiger partial charge in [0.05, 0.1) is 17.5 Å². The lowest BCUT2D eigenvalue weighted by Crippen LogP contribution is -2.05. The molecule has 0 amide bonds. The number of aryl methyl sites for hydroxylation is 2. The Kier molecular flexibility index (Phi) is 4.39. The van der Waals surface area contributed by atoms with E-state index in [1.165, 1.54) is 18.2 Å². The van der Waals surface area contributed by atoms with Crippen LogP contribution in [0.5, 0.6) is 5.75 Å². The molecule has 1 aromatic heterocycles. The number of aliphatic hydroxyl groups is 1. The summed E-state index contributed by atoms with van der Waals surface area (Å²) in [5.41, 5.74) is 2.38. The van der Waals surface area contributed by atoms with E-state index < -0.39 is 6.10 Å². The molecule has 2 rings (SSSR count). The molecule has 1 heterocycles. The van der Waals surface area contributed by atoms with Crippen molar-refractivity contribution < 1.29 is 14.2 Å². The summed E-state index contributed by atoms with van der Waals surface area (Å²) < 4.78 is 20.7. The van der Waals surface area contributed by atoms with Crippen molar-refractivity contribution in [3.8, 4) is 5.75 Å². The molecule has 0 spiro atoms. The summed E-state index contributed by atoms with van der Waals surface area (Å²) in [5.74, 6) is 0.0997. The Hall–Kier alpha value is -1.88. The topological polar surface area (TPSA) is 47.3 Å². The quantitative estimate of drug-likeness (QED) is 0.914. The van der Waals surface area contributed by atoms with Gasteiger partial charge in [0.2, 0.25) is 0 Å². The molecular weight excluding hydrogens is 259 g/mol. The second-order valence-electron chi connectivity index (χ2n) is 4.75. The van der Waals surface area contributed by atoms with Gasteiger partial charge in [-0.05, 0) is 37.6 Å². The number of hydrogen-bond acceptors (Lipinski definition) is 3. The fraction of sp³-hybridized carbons (Fsp3) is 0.400. The molecule has 4 nitrogen and oxygen atoms in total. The first kappa shape index (κ1) is 14.5. The molecule has 2 aromatic rings. The average Bonchev–Trinajstić information content (AvgIpc) is 2.78. The van der Waals surface area contributed by atoms with Crippen LogP contribution >= 0.6 is 0 Å². The van der Waals surface area contributed by atoms with Gasteiger partial charge >= 0.3 is 0 Å². The van der Waals surface area contributed by atoms with E-state index in [2.05, 4.69) is 5.10 Å². The molecule has 0 saturated carbocycles. The minimum atomic E-state index is -0.779. The van der Waals surface area contributed by atoms with Crippen LogP contribution in [0.3, 0.4) is 0 Å². The van der Waals surface area contributed by atoms with Crippen LogP contribution in [0.1, 0.15) is 36.9 Å². The highest BCUT2D eigenvalue weighted by Gasteiger charge is 2.12. The highest BCUT2D eigenvalue weighted by atomic mass is 19.1. The van der Waals surface area contributed by atoms with Gasteiger partial charge in [-0.3, -0.25) is 4.68 Å². The number of rotatable bonds is 5. The Balaban J connectivity index is 2.16. The third kappa shape index (κ3) is 3.17. The van der Waals surface area contributed by atoms with Crippen LogP contribution in [0.2, 0.25) is 0 Å². The zero-order valence-corrected chi connectivity index (χ0v) is 11.9. The van der Waals surface area contributed by atoms with E-state index in [0.717, 1.165) is 17.8 Å². The lowest BCUT2D eigenvalue weighted by molar-refractivity contribution is 0.189. The van der Waals surface area contributed by atoms with Gasteiger partial charge in [-0.25, -0.2) is 4.39 Å². The monoisotopic (exact) mass is 278 g/mol. The van der Waals surface area contributed by atoms with Gasteiger partial charge in [-0.1, -0.05) is 6.92 Å². The SMILES string of the molecule is CCc1cc(COc2ccc(F)cc2C(C)O)n(C)n1. The standard InChI is InChI=1S/C15H19FN2O2/c1-4-12-8-13(18(3)17-12)9-20-15-6-5-11(16)7-14(15)10(2)19/h5-8,10,19H,4,9H2,1-3H3. The number of hydrogen-bond donors (Lipinski definition) is 1. The zero-order chi connectivity index (χ0) is 14.7. The van der Waals surface area contributed by atoms with Crippen LogP contribution in [0.4, 0.5) is 4.39 Å². The average molecular weight is 278 g/mol. The van der Waals surface area contributed by atoms with Crippen molar-refractivity contribution in [2.45, 2.75) is 33.0 Å². The van der Waals surface area contributed by atoms with Crippen molar-refractivity contribution in [1.82, 2.24) is 9.78 Å². The lowest BCUT2D eigenvalue weighted by Gasteiger charge is -2.13. The van der Waals surface area contributed by atoms with E-state index in [4.69, 9.17) is 4.74 Å². The van der Waals surface area contributed by atoms with Gasteiger partial charge in [0.15, 0.2) is 0 Å². The van der Waals surface area contributed by atoms with E-state index in [9.17, 15) is 9.50 Å². The summed E-state index contributed by atoms with van der Waals surface area (Å²) in [6.45, 7) is 3.95. The van der Waals surface area contributed by atoms with Gasteiger partial charge < -0.3 is 9.84 Å². The second kappa shape index (κ2) is 6.05.